The zero-order valence-electron chi connectivity index (χ0n) is 16.6. The van der Waals surface area contributed by atoms with E-state index in [9.17, 15) is 5.11 Å². The molecule has 5 rings (SSSR count). The number of nitrogens with two attached hydrogens (primary N) is 1. The van der Waals surface area contributed by atoms with Gasteiger partial charge in [0.1, 0.15) is 11.5 Å². The topological polar surface area (TPSA) is 88.4 Å². The van der Waals surface area contributed by atoms with Crippen LogP contribution < -0.4 is 10.6 Å². The molecule has 2 aromatic heterocycles. The molecule has 3 heterocycles. The lowest BCUT2D eigenvalue weighted by molar-refractivity contribution is 0.198. The monoisotopic (exact) mass is 400 g/mol. The Morgan fingerprint density at radius 1 is 1.07 bits per heavy atom. The first kappa shape index (κ1) is 18.8. The summed E-state index contributed by atoms with van der Waals surface area (Å²) in [6.45, 7) is 1.45. The third kappa shape index (κ3) is 3.56. The number of nitrogens with zero attached hydrogens (tertiary/aromatic N) is 3. The summed E-state index contributed by atoms with van der Waals surface area (Å²) in [5, 5.41) is 15.1. The summed E-state index contributed by atoms with van der Waals surface area (Å²) in [5.74, 6) is 0.895. The van der Waals surface area contributed by atoms with Crippen LogP contribution in [0.15, 0.2) is 71.3 Å². The number of hydrogen-bond acceptors (Lipinski definition) is 6. The largest absolute Gasteiger partial charge is 0.391 e. The molecular formula is C24H24N4O2. The highest BCUT2D eigenvalue weighted by Crippen LogP contribution is 2.33. The van der Waals surface area contributed by atoms with Crippen LogP contribution in [-0.4, -0.2) is 34.4 Å². The van der Waals surface area contributed by atoms with Gasteiger partial charge in [0, 0.05) is 42.2 Å². The molecule has 1 saturated heterocycles. The van der Waals surface area contributed by atoms with Gasteiger partial charge in [0.05, 0.1) is 6.10 Å². The number of aliphatic hydroxyl groups is 1. The van der Waals surface area contributed by atoms with Gasteiger partial charge in [-0.15, -0.1) is 0 Å². The molecule has 1 fully saturated rings. The Morgan fingerprint density at radius 2 is 1.90 bits per heavy atom. The fourth-order valence-corrected chi connectivity index (χ4v) is 4.16. The van der Waals surface area contributed by atoms with Crippen molar-refractivity contribution in [1.29, 1.82) is 0 Å². The van der Waals surface area contributed by atoms with E-state index in [2.05, 4.69) is 10.1 Å². The lowest BCUT2D eigenvalue weighted by atomic mass is 9.94. The van der Waals surface area contributed by atoms with Gasteiger partial charge in [0.15, 0.2) is 5.58 Å². The number of benzene rings is 2. The second kappa shape index (κ2) is 7.89. The van der Waals surface area contributed by atoms with Crippen molar-refractivity contribution >= 4 is 16.8 Å². The van der Waals surface area contributed by atoms with Gasteiger partial charge in [0.25, 0.3) is 0 Å². The smallest absolute Gasteiger partial charge is 0.167 e. The van der Waals surface area contributed by atoms with Gasteiger partial charge in [-0.3, -0.25) is 0 Å². The lowest BCUT2D eigenvalue weighted by Crippen LogP contribution is -2.23. The lowest BCUT2D eigenvalue weighted by Gasteiger charge is -2.19. The summed E-state index contributed by atoms with van der Waals surface area (Å²) >= 11 is 0. The van der Waals surface area contributed by atoms with Crippen LogP contribution in [0.1, 0.15) is 23.7 Å². The highest BCUT2D eigenvalue weighted by Gasteiger charge is 2.22. The van der Waals surface area contributed by atoms with Gasteiger partial charge in [0.2, 0.25) is 0 Å². The normalized spacial score (nSPS) is 17.5. The van der Waals surface area contributed by atoms with Crippen LogP contribution in [-0.2, 0) is 6.42 Å². The molecule has 0 radical (unpaired) electrons. The molecular weight excluding hydrogens is 376 g/mol. The van der Waals surface area contributed by atoms with Gasteiger partial charge < -0.3 is 20.3 Å². The summed E-state index contributed by atoms with van der Waals surface area (Å²) in [5.41, 5.74) is 11.1. The van der Waals surface area contributed by atoms with E-state index in [1.165, 1.54) is 0 Å². The molecule has 6 nitrogen and oxygen atoms in total. The first-order valence-corrected chi connectivity index (χ1v) is 10.3. The summed E-state index contributed by atoms with van der Waals surface area (Å²) in [7, 11) is 0. The van der Waals surface area contributed by atoms with E-state index in [-0.39, 0.29) is 12.1 Å². The Hall–Kier alpha value is -3.22. The summed E-state index contributed by atoms with van der Waals surface area (Å²) in [6, 6.07) is 21.7. The summed E-state index contributed by atoms with van der Waals surface area (Å²) in [4.78, 5) is 6.92. The van der Waals surface area contributed by atoms with Crippen LogP contribution in [0, 0.1) is 0 Å². The molecule has 0 unspecified atom stereocenters. The predicted molar refractivity (Wildman–Crippen MR) is 117 cm³/mol. The maximum atomic E-state index is 9.82. The van der Waals surface area contributed by atoms with E-state index in [1.54, 1.807) is 0 Å². The Balaban J connectivity index is 1.43. The van der Waals surface area contributed by atoms with Gasteiger partial charge in [-0.2, -0.15) is 0 Å². The van der Waals surface area contributed by atoms with Crippen molar-refractivity contribution in [3.8, 4) is 11.3 Å². The molecule has 3 N–H and O–H groups in total. The zero-order chi connectivity index (χ0) is 20.5. The molecule has 0 amide bonds. The molecule has 0 spiro atoms. The highest BCUT2D eigenvalue weighted by molar-refractivity contribution is 5.92. The number of pyridine rings is 1. The molecule has 0 saturated carbocycles. The van der Waals surface area contributed by atoms with E-state index in [0.29, 0.717) is 13.0 Å². The van der Waals surface area contributed by atoms with Crippen molar-refractivity contribution in [2.45, 2.75) is 25.0 Å². The van der Waals surface area contributed by atoms with E-state index in [0.717, 1.165) is 52.3 Å². The SMILES string of the molecule is N[C@@H](Cc1cccc(N2CC[C@@H](O)C2)n1)c1ccccc1-c1noc2ccccc12. The number of para-hydroxylation sites is 1. The quantitative estimate of drug-likeness (QED) is 0.531. The fraction of sp³-hybridized carbons (Fsp3) is 0.250. The van der Waals surface area contributed by atoms with Gasteiger partial charge in [-0.1, -0.05) is 47.6 Å². The number of anilines is 1. The number of aromatic nitrogens is 2. The van der Waals surface area contributed by atoms with Crippen molar-refractivity contribution in [3.05, 3.63) is 78.0 Å². The van der Waals surface area contributed by atoms with Gasteiger partial charge in [-0.25, -0.2) is 4.98 Å². The van der Waals surface area contributed by atoms with E-state index in [4.69, 9.17) is 15.2 Å². The molecule has 6 heteroatoms. The second-order valence-corrected chi connectivity index (χ2v) is 7.80. The molecule has 1 aliphatic heterocycles. The minimum absolute atomic E-state index is 0.233. The second-order valence-electron chi connectivity index (χ2n) is 7.80. The molecule has 152 valence electrons. The number of rotatable bonds is 5. The molecule has 1 aliphatic rings. The minimum Gasteiger partial charge on any atom is -0.391 e. The summed E-state index contributed by atoms with van der Waals surface area (Å²) < 4.78 is 5.51. The molecule has 2 aromatic carbocycles. The molecule has 0 bridgehead atoms. The Kier molecular flexibility index (Phi) is 4.94. The van der Waals surface area contributed by atoms with Crippen molar-refractivity contribution in [3.63, 3.8) is 0 Å². The van der Waals surface area contributed by atoms with Crippen LogP contribution in [0.3, 0.4) is 0 Å². The average Bonchev–Trinajstić information content (AvgIpc) is 3.40. The van der Waals surface area contributed by atoms with Crippen LogP contribution in [0.25, 0.3) is 22.2 Å². The number of hydrogen-bond donors (Lipinski definition) is 2. The van der Waals surface area contributed by atoms with Crippen molar-refractivity contribution in [2.75, 3.05) is 18.0 Å². The maximum Gasteiger partial charge on any atom is 0.167 e. The number of β-amino-alcohol motifs (C(OH)–C–C–N with tert-alkyl or cyclic N) is 1. The van der Waals surface area contributed by atoms with Gasteiger partial charge in [-0.05, 0) is 36.2 Å². The number of aliphatic hydroxyl groups excluding tert-OH is 1. The zero-order valence-corrected chi connectivity index (χ0v) is 16.6. The van der Waals surface area contributed by atoms with Crippen LogP contribution >= 0.6 is 0 Å². The average molecular weight is 400 g/mol. The third-order valence-corrected chi connectivity index (χ3v) is 5.70. The van der Waals surface area contributed by atoms with E-state index in [1.807, 2.05) is 66.7 Å². The van der Waals surface area contributed by atoms with Crippen molar-refractivity contribution < 1.29 is 9.63 Å². The first-order chi connectivity index (χ1) is 14.7. The molecule has 4 aromatic rings. The van der Waals surface area contributed by atoms with E-state index < -0.39 is 0 Å². The first-order valence-electron chi connectivity index (χ1n) is 10.3. The maximum absolute atomic E-state index is 9.82. The third-order valence-electron chi connectivity index (χ3n) is 5.70. The van der Waals surface area contributed by atoms with Crippen LogP contribution in [0.4, 0.5) is 5.82 Å². The minimum atomic E-state index is -0.276. The summed E-state index contributed by atoms with van der Waals surface area (Å²) in [6.07, 6.45) is 1.11. The Labute approximate surface area is 174 Å². The molecule has 2 atom stereocenters. The van der Waals surface area contributed by atoms with Crippen molar-refractivity contribution in [2.24, 2.45) is 5.73 Å². The van der Waals surface area contributed by atoms with Crippen LogP contribution in [0.5, 0.6) is 0 Å². The predicted octanol–water partition coefficient (Wildman–Crippen LogP) is 3.70. The Bertz CT molecular complexity index is 1170. The highest BCUT2D eigenvalue weighted by atomic mass is 16.5. The van der Waals surface area contributed by atoms with Gasteiger partial charge >= 0.3 is 0 Å². The Morgan fingerprint density at radius 3 is 2.77 bits per heavy atom. The standard InChI is InChI=1S/C24H24N4O2/c25-21(14-16-6-5-11-23(26-16)28-13-12-17(29)15-28)18-7-1-2-8-19(18)24-20-9-3-4-10-22(20)30-27-24/h1-11,17,21,29H,12-15,25H2/t17-,21+/m1/s1. The molecule has 0 aliphatic carbocycles. The molecule has 30 heavy (non-hydrogen) atoms. The van der Waals surface area contributed by atoms with Crippen molar-refractivity contribution in [1.82, 2.24) is 10.1 Å². The van der Waals surface area contributed by atoms with Crippen LogP contribution in [0.2, 0.25) is 0 Å². The number of fused-ring (bicyclic) bond motifs is 1. The fourth-order valence-electron chi connectivity index (χ4n) is 4.16. The van der Waals surface area contributed by atoms with E-state index >= 15 is 0 Å².